The van der Waals surface area contributed by atoms with Gasteiger partial charge in [0.2, 0.25) is 0 Å². The maximum Gasteiger partial charge on any atom is 0.294 e. The van der Waals surface area contributed by atoms with Crippen LogP contribution in [0, 0.1) is 10.1 Å². The van der Waals surface area contributed by atoms with E-state index in [1.54, 1.807) is 0 Å². The van der Waals surface area contributed by atoms with Gasteiger partial charge in [-0.25, -0.2) is 0 Å². The fourth-order valence-corrected chi connectivity index (χ4v) is 2.63. The van der Waals surface area contributed by atoms with Crippen LogP contribution in [0.1, 0.15) is 5.56 Å². The second-order valence-corrected chi connectivity index (χ2v) is 6.77. The van der Waals surface area contributed by atoms with Gasteiger partial charge in [-0.3, -0.25) is 20.1 Å². The highest BCUT2D eigenvalue weighted by atomic mass is 79.9. The molecule has 126 valence electrons. The molecule has 0 aliphatic rings. The molecule has 0 radical (unpaired) electrons. The van der Waals surface area contributed by atoms with Gasteiger partial charge in [0.25, 0.3) is 15.8 Å². The number of nitro groups is 1. The van der Waals surface area contributed by atoms with Crippen molar-refractivity contribution in [3.8, 4) is 5.75 Å². The van der Waals surface area contributed by atoms with Crippen LogP contribution in [0.5, 0.6) is 5.75 Å². The Balaban J connectivity index is 2.19. The van der Waals surface area contributed by atoms with Gasteiger partial charge in [-0.15, -0.1) is 0 Å². The van der Waals surface area contributed by atoms with Gasteiger partial charge in [0.05, 0.1) is 26.2 Å². The van der Waals surface area contributed by atoms with Gasteiger partial charge in [-0.1, -0.05) is 0 Å². The minimum Gasteiger partial charge on any atom is -0.506 e. The Morgan fingerprint density at radius 1 is 1.25 bits per heavy atom. The van der Waals surface area contributed by atoms with Crippen LogP contribution < -0.4 is 5.43 Å². The van der Waals surface area contributed by atoms with Crippen LogP contribution in [-0.2, 0) is 10.1 Å². The second kappa shape index (κ2) is 6.95. The van der Waals surface area contributed by atoms with E-state index in [1.165, 1.54) is 30.5 Å². The molecule has 11 heteroatoms. The number of aromatic hydroxyl groups is 1. The number of phenolic OH excluding ortho intramolecular Hbond substituents is 1. The van der Waals surface area contributed by atoms with Gasteiger partial charge in [0.1, 0.15) is 5.75 Å². The molecule has 0 aliphatic heterocycles. The van der Waals surface area contributed by atoms with E-state index < -0.39 is 15.0 Å². The molecule has 3 N–H and O–H groups in total. The molecule has 0 bridgehead atoms. The Morgan fingerprint density at radius 2 is 1.88 bits per heavy atom. The van der Waals surface area contributed by atoms with Gasteiger partial charge in [0, 0.05) is 17.7 Å². The number of hydrogen-bond acceptors (Lipinski definition) is 7. The highest BCUT2D eigenvalue weighted by Crippen LogP contribution is 2.31. The maximum absolute atomic E-state index is 10.9. The number of nitro benzene ring substituents is 1. The number of anilines is 1. The summed E-state index contributed by atoms with van der Waals surface area (Å²) < 4.78 is 30.9. The van der Waals surface area contributed by atoms with Crippen molar-refractivity contribution in [2.75, 3.05) is 5.43 Å². The van der Waals surface area contributed by atoms with E-state index in [0.717, 1.165) is 12.1 Å². The largest absolute Gasteiger partial charge is 0.506 e. The summed E-state index contributed by atoms with van der Waals surface area (Å²) in [6, 6.07) is 7.39. The monoisotopic (exact) mass is 415 g/mol. The molecule has 0 saturated heterocycles. The van der Waals surface area contributed by atoms with Crippen LogP contribution >= 0.6 is 15.9 Å². The van der Waals surface area contributed by atoms with Crippen LogP contribution in [0.15, 0.2) is 50.9 Å². The third kappa shape index (κ3) is 4.28. The SMILES string of the molecule is O=[N+]([O-])c1cc(Br)c(O)c(C=NNc2ccc(S(=O)(=O)O)cc2)c1. The number of phenols is 1. The topological polar surface area (TPSA) is 142 Å². The summed E-state index contributed by atoms with van der Waals surface area (Å²) in [6.07, 6.45) is 1.17. The van der Waals surface area contributed by atoms with E-state index in [2.05, 4.69) is 26.5 Å². The van der Waals surface area contributed by atoms with Crippen molar-refractivity contribution in [3.63, 3.8) is 0 Å². The number of nitrogens with zero attached hydrogens (tertiary/aromatic N) is 2. The zero-order chi connectivity index (χ0) is 17.9. The van der Waals surface area contributed by atoms with E-state index in [-0.39, 0.29) is 26.4 Å². The fourth-order valence-electron chi connectivity index (χ4n) is 1.69. The number of halogens is 1. The van der Waals surface area contributed by atoms with Crippen LogP contribution in [0.4, 0.5) is 11.4 Å². The third-order valence-corrected chi connectivity index (χ3v) is 4.31. The van der Waals surface area contributed by atoms with Crippen molar-refractivity contribution in [2.45, 2.75) is 4.90 Å². The Bertz CT molecular complexity index is 912. The number of rotatable bonds is 5. The lowest BCUT2D eigenvalue weighted by Crippen LogP contribution is -1.98. The molecule has 0 fully saturated rings. The summed E-state index contributed by atoms with van der Waals surface area (Å²) in [5, 5.41) is 24.5. The lowest BCUT2D eigenvalue weighted by atomic mass is 10.2. The van der Waals surface area contributed by atoms with Gasteiger partial charge in [-0.2, -0.15) is 13.5 Å². The smallest absolute Gasteiger partial charge is 0.294 e. The lowest BCUT2D eigenvalue weighted by molar-refractivity contribution is -0.385. The molecule has 0 amide bonds. The van der Waals surface area contributed by atoms with E-state index in [9.17, 15) is 23.6 Å². The summed E-state index contributed by atoms with van der Waals surface area (Å²) >= 11 is 3.01. The molecular weight excluding hydrogens is 406 g/mol. The van der Waals surface area contributed by atoms with Gasteiger partial charge in [-0.05, 0) is 40.2 Å². The standard InChI is InChI=1S/C13H10BrN3O6S/c14-12-6-10(17(19)20)5-8(13(12)18)7-15-16-9-1-3-11(4-2-9)24(21,22)23/h1-7,16,18H,(H,21,22,23). The first kappa shape index (κ1) is 17.8. The zero-order valence-corrected chi connectivity index (χ0v) is 14.2. The van der Waals surface area contributed by atoms with Crippen LogP contribution in [0.3, 0.4) is 0 Å². The molecule has 0 atom stereocenters. The highest BCUT2D eigenvalue weighted by molar-refractivity contribution is 9.10. The summed E-state index contributed by atoms with van der Waals surface area (Å²) in [4.78, 5) is 9.92. The first-order chi connectivity index (χ1) is 11.2. The predicted octanol–water partition coefficient (Wildman–Crippen LogP) is 2.76. The Morgan fingerprint density at radius 3 is 2.42 bits per heavy atom. The summed E-state index contributed by atoms with van der Waals surface area (Å²) in [6.45, 7) is 0. The Hall–Kier alpha value is -2.50. The van der Waals surface area contributed by atoms with Crippen molar-refractivity contribution in [2.24, 2.45) is 5.10 Å². The molecular formula is C13H10BrN3O6S. The molecule has 24 heavy (non-hydrogen) atoms. The van der Waals surface area contributed by atoms with Crippen molar-refractivity contribution in [1.29, 1.82) is 0 Å². The Kier molecular flexibility index (Phi) is 5.17. The van der Waals surface area contributed by atoms with Crippen molar-refractivity contribution in [3.05, 3.63) is 56.5 Å². The van der Waals surface area contributed by atoms with Gasteiger partial charge >= 0.3 is 0 Å². The normalized spacial score (nSPS) is 11.6. The molecule has 0 heterocycles. The van der Waals surface area contributed by atoms with Crippen molar-refractivity contribution < 1.29 is 23.0 Å². The lowest BCUT2D eigenvalue weighted by Gasteiger charge is -2.03. The van der Waals surface area contributed by atoms with Gasteiger partial charge < -0.3 is 5.11 Å². The summed E-state index contributed by atoms with van der Waals surface area (Å²) in [7, 11) is -4.27. The van der Waals surface area contributed by atoms with Gasteiger partial charge in [0.15, 0.2) is 0 Å². The first-order valence-electron chi connectivity index (χ1n) is 6.22. The molecule has 0 saturated carbocycles. The van der Waals surface area contributed by atoms with E-state index >= 15 is 0 Å². The van der Waals surface area contributed by atoms with Crippen molar-refractivity contribution in [1.82, 2.24) is 0 Å². The number of non-ortho nitro benzene ring substituents is 1. The highest BCUT2D eigenvalue weighted by Gasteiger charge is 2.13. The third-order valence-electron chi connectivity index (χ3n) is 2.84. The minimum absolute atomic E-state index is 0.109. The molecule has 0 aliphatic carbocycles. The van der Waals surface area contributed by atoms with E-state index in [0.29, 0.717) is 5.69 Å². The minimum atomic E-state index is -4.27. The quantitative estimate of drug-likeness (QED) is 0.294. The first-order valence-corrected chi connectivity index (χ1v) is 8.45. The average molecular weight is 416 g/mol. The molecule has 2 aromatic rings. The van der Waals surface area contributed by atoms with E-state index in [4.69, 9.17) is 4.55 Å². The van der Waals surface area contributed by atoms with Crippen LogP contribution in [-0.4, -0.2) is 29.2 Å². The zero-order valence-electron chi connectivity index (χ0n) is 11.7. The van der Waals surface area contributed by atoms with Crippen LogP contribution in [0.25, 0.3) is 0 Å². The average Bonchev–Trinajstić information content (AvgIpc) is 2.50. The number of benzene rings is 2. The summed E-state index contributed by atoms with van der Waals surface area (Å²) in [5.41, 5.74) is 2.85. The number of hydrogen-bond donors (Lipinski definition) is 3. The summed E-state index contributed by atoms with van der Waals surface area (Å²) in [5.74, 6) is -0.215. The number of hydrazone groups is 1. The van der Waals surface area contributed by atoms with Crippen molar-refractivity contribution >= 4 is 43.6 Å². The maximum atomic E-state index is 10.9. The molecule has 9 nitrogen and oxygen atoms in total. The predicted molar refractivity (Wildman–Crippen MR) is 89.9 cm³/mol. The molecule has 0 unspecified atom stereocenters. The van der Waals surface area contributed by atoms with Crippen LogP contribution in [0.2, 0.25) is 0 Å². The molecule has 0 aromatic heterocycles. The van der Waals surface area contributed by atoms with E-state index in [1.807, 2.05) is 0 Å². The molecule has 0 spiro atoms. The number of nitrogens with one attached hydrogen (secondary N) is 1. The Labute approximate surface area is 144 Å². The molecule has 2 aromatic carbocycles. The fraction of sp³-hybridized carbons (Fsp3) is 0. The second-order valence-electron chi connectivity index (χ2n) is 4.49. The molecule has 2 rings (SSSR count).